The molecule has 2 aromatic rings. The largest absolute Gasteiger partial charge is 0.380 e. The van der Waals surface area contributed by atoms with Crippen LogP contribution in [-0.4, -0.2) is 0 Å². The van der Waals surface area contributed by atoms with Crippen LogP contribution in [-0.2, 0) is 6.54 Å². The average Bonchev–Trinajstić information content (AvgIpc) is 2.30. The van der Waals surface area contributed by atoms with Crippen LogP contribution in [0.3, 0.4) is 0 Å². The molecular weight excluding hydrogens is 286 g/mol. The summed E-state index contributed by atoms with van der Waals surface area (Å²) in [6, 6.07) is 15.9. The minimum Gasteiger partial charge on any atom is -0.380 e. The predicted molar refractivity (Wildman–Crippen MR) is 72.9 cm³/mol. The fourth-order valence-corrected chi connectivity index (χ4v) is 2.06. The van der Waals surface area contributed by atoms with Crippen LogP contribution in [0.5, 0.6) is 0 Å². The average molecular weight is 297 g/mol. The van der Waals surface area contributed by atoms with Gasteiger partial charge < -0.3 is 5.32 Å². The first-order valence-electron chi connectivity index (χ1n) is 4.99. The molecule has 0 amide bonds. The van der Waals surface area contributed by atoms with Crippen LogP contribution in [0.1, 0.15) is 5.56 Å². The van der Waals surface area contributed by atoms with Crippen molar-refractivity contribution in [3.63, 3.8) is 0 Å². The van der Waals surface area contributed by atoms with Crippen molar-refractivity contribution in [3.05, 3.63) is 63.6 Å². The first kappa shape index (κ1) is 11.5. The Morgan fingerprint density at radius 3 is 2.44 bits per heavy atom. The first-order valence-corrected chi connectivity index (χ1v) is 6.16. The van der Waals surface area contributed by atoms with Crippen LogP contribution < -0.4 is 5.32 Å². The Bertz CT molecular complexity index is 439. The molecule has 1 nitrogen and oxygen atoms in total. The Kier molecular flexibility index (Phi) is 3.86. The molecule has 0 atom stereocenters. The number of benzene rings is 2. The summed E-state index contributed by atoms with van der Waals surface area (Å²) in [7, 11) is 0. The SMILES string of the molecule is Clc1ccccc1NCc1ccccc1Br. The molecule has 2 aromatic carbocycles. The Labute approximate surface area is 109 Å². The molecule has 3 heteroatoms. The predicted octanol–water partition coefficient (Wildman–Crippen LogP) is 4.71. The summed E-state index contributed by atoms with van der Waals surface area (Å²) in [5, 5.41) is 4.05. The third-order valence-corrected chi connectivity index (χ3v) is 3.40. The highest BCUT2D eigenvalue weighted by Gasteiger charge is 2.00. The minimum absolute atomic E-state index is 0.745. The van der Waals surface area contributed by atoms with Crippen molar-refractivity contribution in [1.82, 2.24) is 0 Å². The van der Waals surface area contributed by atoms with Crippen molar-refractivity contribution in [1.29, 1.82) is 0 Å². The Balaban J connectivity index is 2.09. The smallest absolute Gasteiger partial charge is 0.0637 e. The zero-order valence-electron chi connectivity index (χ0n) is 8.58. The van der Waals surface area contributed by atoms with Crippen molar-refractivity contribution in [2.45, 2.75) is 6.54 Å². The number of para-hydroxylation sites is 1. The van der Waals surface area contributed by atoms with E-state index >= 15 is 0 Å². The number of hydrogen-bond acceptors (Lipinski definition) is 1. The van der Waals surface area contributed by atoms with Crippen molar-refractivity contribution >= 4 is 33.2 Å². The number of hydrogen-bond donors (Lipinski definition) is 1. The van der Waals surface area contributed by atoms with Crippen LogP contribution in [0.4, 0.5) is 5.69 Å². The molecule has 0 aromatic heterocycles. The second kappa shape index (κ2) is 5.37. The minimum atomic E-state index is 0.745. The lowest BCUT2D eigenvalue weighted by atomic mass is 10.2. The summed E-state index contributed by atoms with van der Waals surface area (Å²) >= 11 is 9.57. The van der Waals surface area contributed by atoms with Gasteiger partial charge in [0.05, 0.1) is 10.7 Å². The molecule has 0 saturated heterocycles. The van der Waals surface area contributed by atoms with E-state index in [-0.39, 0.29) is 0 Å². The van der Waals surface area contributed by atoms with Gasteiger partial charge in [0.15, 0.2) is 0 Å². The normalized spacial score (nSPS) is 10.1. The monoisotopic (exact) mass is 295 g/mol. The molecule has 2 rings (SSSR count). The van der Waals surface area contributed by atoms with E-state index in [1.54, 1.807) is 0 Å². The van der Waals surface area contributed by atoms with Gasteiger partial charge in [0.1, 0.15) is 0 Å². The van der Waals surface area contributed by atoms with Gasteiger partial charge in [0.2, 0.25) is 0 Å². The lowest BCUT2D eigenvalue weighted by Crippen LogP contribution is -2.00. The van der Waals surface area contributed by atoms with E-state index in [4.69, 9.17) is 11.6 Å². The molecule has 0 saturated carbocycles. The Hall–Kier alpha value is -0.990. The molecular formula is C13H11BrClN. The summed E-state index contributed by atoms with van der Waals surface area (Å²) in [6.45, 7) is 0.755. The van der Waals surface area contributed by atoms with Crippen LogP contribution in [0.2, 0.25) is 5.02 Å². The van der Waals surface area contributed by atoms with Crippen molar-refractivity contribution in [3.8, 4) is 0 Å². The molecule has 0 aliphatic heterocycles. The maximum atomic E-state index is 6.06. The van der Waals surface area contributed by atoms with Gasteiger partial charge in [-0.2, -0.15) is 0 Å². The lowest BCUT2D eigenvalue weighted by Gasteiger charge is -2.09. The standard InChI is InChI=1S/C13H11BrClN/c14-11-6-2-1-5-10(11)9-16-13-8-4-3-7-12(13)15/h1-8,16H,9H2. The maximum absolute atomic E-state index is 6.06. The number of halogens is 2. The molecule has 0 radical (unpaired) electrons. The number of rotatable bonds is 3. The van der Waals surface area contributed by atoms with Gasteiger partial charge in [-0.1, -0.05) is 57.9 Å². The third-order valence-electron chi connectivity index (χ3n) is 2.30. The highest BCUT2D eigenvalue weighted by Crippen LogP contribution is 2.22. The fourth-order valence-electron chi connectivity index (χ4n) is 1.44. The highest BCUT2D eigenvalue weighted by atomic mass is 79.9. The van der Waals surface area contributed by atoms with E-state index in [1.165, 1.54) is 5.56 Å². The molecule has 82 valence electrons. The quantitative estimate of drug-likeness (QED) is 0.864. The molecule has 0 unspecified atom stereocenters. The van der Waals surface area contributed by atoms with Gasteiger partial charge in [-0.05, 0) is 23.8 Å². The zero-order valence-corrected chi connectivity index (χ0v) is 10.9. The molecule has 0 bridgehead atoms. The second-order valence-corrected chi connectivity index (χ2v) is 4.69. The van der Waals surface area contributed by atoms with Crippen molar-refractivity contribution in [2.75, 3.05) is 5.32 Å². The highest BCUT2D eigenvalue weighted by molar-refractivity contribution is 9.10. The van der Waals surface area contributed by atoms with E-state index < -0.39 is 0 Å². The molecule has 0 heterocycles. The second-order valence-electron chi connectivity index (χ2n) is 3.42. The van der Waals surface area contributed by atoms with E-state index in [0.29, 0.717) is 0 Å². The molecule has 0 aliphatic rings. The maximum Gasteiger partial charge on any atom is 0.0637 e. The van der Waals surface area contributed by atoms with E-state index in [1.807, 2.05) is 42.5 Å². The van der Waals surface area contributed by atoms with Gasteiger partial charge in [0.25, 0.3) is 0 Å². The number of nitrogens with one attached hydrogen (secondary N) is 1. The van der Waals surface area contributed by atoms with Crippen LogP contribution in [0.15, 0.2) is 53.0 Å². The van der Waals surface area contributed by atoms with Gasteiger partial charge in [-0.25, -0.2) is 0 Å². The van der Waals surface area contributed by atoms with Gasteiger partial charge >= 0.3 is 0 Å². The van der Waals surface area contributed by atoms with Crippen LogP contribution >= 0.6 is 27.5 Å². The first-order chi connectivity index (χ1) is 7.77. The van der Waals surface area contributed by atoms with Gasteiger partial charge in [0, 0.05) is 11.0 Å². The molecule has 0 fully saturated rings. The topological polar surface area (TPSA) is 12.0 Å². The summed E-state index contributed by atoms with van der Waals surface area (Å²) in [5.41, 5.74) is 2.17. The van der Waals surface area contributed by atoms with Gasteiger partial charge in [-0.15, -0.1) is 0 Å². The summed E-state index contributed by atoms with van der Waals surface area (Å²) < 4.78 is 1.11. The number of anilines is 1. The van der Waals surface area contributed by atoms with Crippen LogP contribution in [0, 0.1) is 0 Å². The van der Waals surface area contributed by atoms with E-state index in [9.17, 15) is 0 Å². The van der Waals surface area contributed by atoms with E-state index in [0.717, 1.165) is 21.7 Å². The zero-order chi connectivity index (χ0) is 11.4. The Morgan fingerprint density at radius 1 is 1.00 bits per heavy atom. The van der Waals surface area contributed by atoms with Crippen molar-refractivity contribution < 1.29 is 0 Å². The van der Waals surface area contributed by atoms with Crippen molar-refractivity contribution in [2.24, 2.45) is 0 Å². The fraction of sp³-hybridized carbons (Fsp3) is 0.0769. The Morgan fingerprint density at radius 2 is 1.69 bits per heavy atom. The third kappa shape index (κ3) is 2.77. The molecule has 1 N–H and O–H groups in total. The summed E-state index contributed by atoms with van der Waals surface area (Å²) in [4.78, 5) is 0. The van der Waals surface area contributed by atoms with Gasteiger partial charge in [-0.3, -0.25) is 0 Å². The van der Waals surface area contributed by atoms with Crippen LogP contribution in [0.25, 0.3) is 0 Å². The molecule has 0 spiro atoms. The summed E-state index contributed by atoms with van der Waals surface area (Å²) in [5.74, 6) is 0. The summed E-state index contributed by atoms with van der Waals surface area (Å²) in [6.07, 6.45) is 0. The molecule has 16 heavy (non-hydrogen) atoms. The van der Waals surface area contributed by atoms with E-state index in [2.05, 4.69) is 27.3 Å². The lowest BCUT2D eigenvalue weighted by molar-refractivity contribution is 1.14. The molecule has 0 aliphatic carbocycles.